The van der Waals surface area contributed by atoms with Crippen molar-refractivity contribution in [2.24, 2.45) is 16.6 Å². The maximum Gasteiger partial charge on any atom is 0.233 e. The lowest BCUT2D eigenvalue weighted by Crippen LogP contribution is -2.29. The van der Waals surface area contributed by atoms with Gasteiger partial charge in [-0.2, -0.15) is 0 Å². The molecule has 7 nitrogen and oxygen atoms in total. The predicted octanol–water partition coefficient (Wildman–Crippen LogP) is 7.12. The number of aromatic nitrogens is 3. The molecule has 4 rings (SSSR count). The van der Waals surface area contributed by atoms with Crippen LogP contribution in [-0.2, 0) is 0 Å². The number of halogens is 4. The summed E-state index contributed by atoms with van der Waals surface area (Å²) >= 11 is 1.42. The number of nitrogens with zero attached hydrogens (tertiary/aromatic N) is 4. The second kappa shape index (κ2) is 17.1. The van der Waals surface area contributed by atoms with Crippen LogP contribution in [0.25, 0.3) is 11.0 Å². The first-order valence-corrected chi connectivity index (χ1v) is 13.2. The minimum absolute atomic E-state index is 0.0422. The molecular formula is C27H34F4N6OS. The zero-order chi connectivity index (χ0) is 29.5. The molecule has 3 aromatic rings. The third kappa shape index (κ3) is 8.99. The largest absolute Gasteiger partial charge is 0.463 e. The van der Waals surface area contributed by atoms with E-state index in [1.54, 1.807) is 6.07 Å². The molecule has 0 fully saturated rings. The zero-order valence-electron chi connectivity index (χ0n) is 22.8. The maximum atomic E-state index is 14.7. The Labute approximate surface area is 231 Å². The average Bonchev–Trinajstić information content (AvgIpc) is 2.94. The van der Waals surface area contributed by atoms with Crippen molar-refractivity contribution in [2.45, 2.75) is 52.8 Å². The number of pyridine rings is 1. The van der Waals surface area contributed by atoms with Gasteiger partial charge in [-0.1, -0.05) is 59.2 Å². The Kier molecular flexibility index (Phi) is 14.7. The van der Waals surface area contributed by atoms with Crippen molar-refractivity contribution in [3.8, 4) is 18.2 Å². The molecule has 1 aliphatic heterocycles. The van der Waals surface area contributed by atoms with Crippen molar-refractivity contribution in [1.29, 1.82) is 0 Å². The first kappa shape index (κ1) is 33.4. The van der Waals surface area contributed by atoms with E-state index in [1.807, 2.05) is 41.5 Å². The van der Waals surface area contributed by atoms with E-state index in [0.29, 0.717) is 27.7 Å². The van der Waals surface area contributed by atoms with Crippen LogP contribution in [0, 0.1) is 29.9 Å². The Bertz CT molecular complexity index is 1270. The van der Waals surface area contributed by atoms with E-state index >= 15 is 0 Å². The van der Waals surface area contributed by atoms with Gasteiger partial charge in [0.15, 0.2) is 29.2 Å². The van der Waals surface area contributed by atoms with Crippen LogP contribution in [-0.4, -0.2) is 38.9 Å². The summed E-state index contributed by atoms with van der Waals surface area (Å²) in [4.78, 5) is 17.3. The van der Waals surface area contributed by atoms with Crippen LogP contribution in [0.4, 0.5) is 29.1 Å². The summed E-state index contributed by atoms with van der Waals surface area (Å²) < 4.78 is 53.8. The number of aliphatic imine (C=N–C) groups is 1. The number of anilines is 2. The fraction of sp³-hybridized carbons (Fsp3) is 0.407. The van der Waals surface area contributed by atoms with E-state index in [2.05, 4.69) is 31.2 Å². The minimum Gasteiger partial charge on any atom is -0.463 e. The average molecular weight is 567 g/mol. The van der Waals surface area contributed by atoms with E-state index in [0.717, 1.165) is 6.07 Å². The van der Waals surface area contributed by atoms with Crippen LogP contribution in [0.2, 0.25) is 0 Å². The molecule has 39 heavy (non-hydrogen) atoms. The predicted molar refractivity (Wildman–Crippen MR) is 152 cm³/mol. The second-order valence-electron chi connectivity index (χ2n) is 7.41. The van der Waals surface area contributed by atoms with Crippen LogP contribution < -0.4 is 15.8 Å². The van der Waals surface area contributed by atoms with Crippen molar-refractivity contribution >= 4 is 39.5 Å². The molecule has 1 aliphatic rings. The Balaban J connectivity index is 0.000000996. The van der Waals surface area contributed by atoms with Gasteiger partial charge in [0.05, 0.1) is 17.8 Å². The first-order chi connectivity index (χ1) is 18.8. The number of alkyl halides is 2. The summed E-state index contributed by atoms with van der Waals surface area (Å²) in [7, 11) is 0. The standard InChI is InChI=1S/C22H20F2N6OS.2C2H6.CH2F2/c1-4-7-31-17-10-27-20-16(29-17)5-6-26-21(20)28-13-8-14(18(24)15(23)9-13)19-11(2)12(3)32-22(25)30-19;2*1-2;2-1-3/h1,5-6,8-12,19H,7H2,2-3H3,(H2,25,30)(H,26,28);2*1-2H3;1H2/t11-,12?,19?;;;/m1.../s1. The number of amidine groups is 1. The fourth-order valence-corrected chi connectivity index (χ4v) is 4.35. The molecule has 212 valence electrons. The lowest BCUT2D eigenvalue weighted by atomic mass is 9.91. The van der Waals surface area contributed by atoms with E-state index in [1.165, 1.54) is 30.2 Å². The van der Waals surface area contributed by atoms with Crippen LogP contribution in [0.15, 0.2) is 35.6 Å². The molecule has 0 spiro atoms. The highest BCUT2D eigenvalue weighted by Crippen LogP contribution is 2.40. The van der Waals surface area contributed by atoms with Gasteiger partial charge in [-0.25, -0.2) is 32.5 Å². The normalized spacial score (nSPS) is 17.6. The van der Waals surface area contributed by atoms with E-state index in [-0.39, 0.29) is 29.2 Å². The van der Waals surface area contributed by atoms with Gasteiger partial charge >= 0.3 is 0 Å². The van der Waals surface area contributed by atoms with Crippen molar-refractivity contribution in [3.63, 3.8) is 0 Å². The molecule has 3 heterocycles. The number of terminal acetylenes is 1. The van der Waals surface area contributed by atoms with E-state index in [9.17, 15) is 17.6 Å². The molecule has 0 saturated carbocycles. The maximum absolute atomic E-state index is 14.7. The van der Waals surface area contributed by atoms with Gasteiger partial charge in [-0.15, -0.1) is 6.42 Å². The van der Waals surface area contributed by atoms with Gasteiger partial charge < -0.3 is 15.8 Å². The highest BCUT2D eigenvalue weighted by Gasteiger charge is 2.32. The van der Waals surface area contributed by atoms with Crippen LogP contribution in [0.3, 0.4) is 0 Å². The first-order valence-electron chi connectivity index (χ1n) is 12.3. The summed E-state index contributed by atoms with van der Waals surface area (Å²) in [6.07, 6.45) is 8.14. The third-order valence-corrected chi connectivity index (χ3v) is 6.34. The molecule has 0 saturated heterocycles. The SMILES string of the molecule is C#CCOc1cnc2c(Nc3cc(F)c(F)c(C4N=C(N)SC(C)[C@H]4C)c3)nccc2n1.CC.CC.FCF. The van der Waals surface area contributed by atoms with E-state index in [4.69, 9.17) is 16.9 Å². The quantitative estimate of drug-likeness (QED) is 0.251. The van der Waals surface area contributed by atoms with Crippen LogP contribution in [0.5, 0.6) is 5.88 Å². The van der Waals surface area contributed by atoms with Crippen molar-refractivity contribution < 1.29 is 22.3 Å². The van der Waals surface area contributed by atoms with Gasteiger partial charge in [0, 0.05) is 28.8 Å². The Hall–Kier alpha value is -3.59. The summed E-state index contributed by atoms with van der Waals surface area (Å²) in [5, 5.41) is 3.48. The molecule has 0 radical (unpaired) electrons. The number of nitrogens with two attached hydrogens (primary N) is 1. The number of nitrogens with one attached hydrogen (secondary N) is 1. The van der Waals surface area contributed by atoms with Crippen molar-refractivity contribution in [3.05, 3.63) is 47.8 Å². The minimum atomic E-state index is -1.75. The van der Waals surface area contributed by atoms with Gasteiger partial charge in [0.25, 0.3) is 0 Å². The molecule has 12 heteroatoms. The third-order valence-electron chi connectivity index (χ3n) is 5.19. The zero-order valence-corrected chi connectivity index (χ0v) is 23.6. The van der Waals surface area contributed by atoms with Crippen LogP contribution in [0.1, 0.15) is 53.1 Å². The molecular weight excluding hydrogens is 532 g/mol. The molecule has 0 amide bonds. The fourth-order valence-electron chi connectivity index (χ4n) is 3.43. The van der Waals surface area contributed by atoms with E-state index < -0.39 is 24.6 Å². The van der Waals surface area contributed by atoms with Gasteiger partial charge in [0.2, 0.25) is 12.8 Å². The highest BCUT2D eigenvalue weighted by atomic mass is 32.2. The number of fused-ring (bicyclic) bond motifs is 1. The van der Waals surface area contributed by atoms with Gasteiger partial charge in [-0.3, -0.25) is 4.99 Å². The summed E-state index contributed by atoms with van der Waals surface area (Å²) in [6.45, 7) is 10.2. The monoisotopic (exact) mass is 566 g/mol. The lowest BCUT2D eigenvalue weighted by Gasteiger charge is -2.31. The molecule has 3 atom stereocenters. The lowest BCUT2D eigenvalue weighted by molar-refractivity contribution is 0.295. The van der Waals surface area contributed by atoms with Gasteiger partial charge in [0.1, 0.15) is 5.52 Å². The smallest absolute Gasteiger partial charge is 0.233 e. The van der Waals surface area contributed by atoms with Gasteiger partial charge in [-0.05, 0) is 18.1 Å². The number of benzene rings is 1. The molecule has 1 aromatic carbocycles. The topological polar surface area (TPSA) is 98.3 Å². The van der Waals surface area contributed by atoms with Crippen molar-refractivity contribution in [1.82, 2.24) is 15.0 Å². The Morgan fingerprint density at radius 1 is 1.13 bits per heavy atom. The summed E-state index contributed by atoms with van der Waals surface area (Å²) in [5.41, 5.74) is 7.28. The Morgan fingerprint density at radius 3 is 2.44 bits per heavy atom. The highest BCUT2D eigenvalue weighted by molar-refractivity contribution is 8.14. The number of rotatable bonds is 5. The summed E-state index contributed by atoms with van der Waals surface area (Å²) in [5.74, 6) is 0.991. The number of ether oxygens (including phenoxy) is 1. The number of hydrogen-bond acceptors (Lipinski definition) is 8. The second-order valence-corrected chi connectivity index (χ2v) is 8.81. The Morgan fingerprint density at radius 2 is 1.79 bits per heavy atom. The molecule has 2 aromatic heterocycles. The number of thioether (sulfide) groups is 1. The molecule has 2 unspecified atom stereocenters. The molecule has 3 N–H and O–H groups in total. The molecule has 0 aliphatic carbocycles. The van der Waals surface area contributed by atoms with Crippen LogP contribution >= 0.6 is 11.8 Å². The summed E-state index contributed by atoms with van der Waals surface area (Å²) in [6, 6.07) is 3.65. The molecule has 0 bridgehead atoms. The number of hydrogen-bond donors (Lipinski definition) is 2. The van der Waals surface area contributed by atoms with Crippen molar-refractivity contribution in [2.75, 3.05) is 18.9 Å².